The number of carbonyl (C=O) groups is 1. The summed E-state index contributed by atoms with van der Waals surface area (Å²) in [6.45, 7) is 0.163. The Morgan fingerprint density at radius 1 is 1.20 bits per heavy atom. The molecule has 10 heteroatoms. The van der Waals surface area contributed by atoms with Gasteiger partial charge in [-0.05, 0) is 26.2 Å². The number of non-ortho nitro benzene ring substituents is 2. The number of benzene rings is 1. The van der Waals surface area contributed by atoms with E-state index in [4.69, 9.17) is 4.42 Å². The van der Waals surface area contributed by atoms with Crippen molar-refractivity contribution in [1.29, 1.82) is 0 Å². The molecule has 0 aliphatic rings. The summed E-state index contributed by atoms with van der Waals surface area (Å²) in [5.74, 6) is -0.0134. The van der Waals surface area contributed by atoms with E-state index in [0.29, 0.717) is 5.76 Å². The van der Waals surface area contributed by atoms with Crippen LogP contribution in [0.15, 0.2) is 41.0 Å². The molecule has 132 valence electrons. The molecule has 1 unspecified atom stereocenters. The number of amides is 1. The van der Waals surface area contributed by atoms with E-state index >= 15 is 0 Å². The van der Waals surface area contributed by atoms with Crippen LogP contribution in [0.3, 0.4) is 0 Å². The summed E-state index contributed by atoms with van der Waals surface area (Å²) in [5, 5.41) is 24.4. The molecule has 25 heavy (non-hydrogen) atoms. The van der Waals surface area contributed by atoms with Crippen molar-refractivity contribution in [3.8, 4) is 0 Å². The molecule has 1 heterocycles. The van der Waals surface area contributed by atoms with Crippen LogP contribution in [0.5, 0.6) is 0 Å². The molecule has 0 saturated carbocycles. The van der Waals surface area contributed by atoms with Crippen LogP contribution in [0.4, 0.5) is 11.4 Å². The van der Waals surface area contributed by atoms with Crippen LogP contribution in [-0.2, 0) is 0 Å². The van der Waals surface area contributed by atoms with Crippen LogP contribution in [0, 0.1) is 20.2 Å². The molecule has 0 radical (unpaired) electrons. The van der Waals surface area contributed by atoms with Crippen molar-refractivity contribution in [2.75, 3.05) is 20.6 Å². The summed E-state index contributed by atoms with van der Waals surface area (Å²) in [5.41, 5.74) is -1.19. The quantitative estimate of drug-likeness (QED) is 0.598. The van der Waals surface area contributed by atoms with Gasteiger partial charge in [0.15, 0.2) is 0 Å². The van der Waals surface area contributed by atoms with E-state index in [1.807, 2.05) is 4.90 Å². The molecule has 2 rings (SSSR count). The van der Waals surface area contributed by atoms with Crippen molar-refractivity contribution in [3.05, 3.63) is 68.1 Å². The van der Waals surface area contributed by atoms with Gasteiger partial charge in [0.1, 0.15) is 5.76 Å². The standard InChI is InChI=1S/C15H16N4O6/c1-17(2)13(14-4-3-5-25-14)9-16-15(20)10-6-11(18(21)22)8-12(7-10)19(23)24/h3-8,13H,9H2,1-2H3,(H,16,20). The van der Waals surface area contributed by atoms with E-state index in [9.17, 15) is 25.0 Å². The highest BCUT2D eigenvalue weighted by Gasteiger charge is 2.22. The van der Waals surface area contributed by atoms with E-state index in [0.717, 1.165) is 18.2 Å². The van der Waals surface area contributed by atoms with E-state index in [-0.39, 0.29) is 18.2 Å². The highest BCUT2D eigenvalue weighted by Crippen LogP contribution is 2.23. The first-order valence-corrected chi connectivity index (χ1v) is 7.21. The van der Waals surface area contributed by atoms with Crippen LogP contribution >= 0.6 is 0 Å². The number of nitro benzene ring substituents is 2. The van der Waals surface area contributed by atoms with E-state index < -0.39 is 27.1 Å². The molecular formula is C15H16N4O6. The minimum Gasteiger partial charge on any atom is -0.468 e. The topological polar surface area (TPSA) is 132 Å². The molecule has 0 spiro atoms. The molecule has 0 aliphatic carbocycles. The zero-order valence-electron chi connectivity index (χ0n) is 13.5. The predicted octanol–water partition coefficient (Wildman–Crippen LogP) is 2.13. The van der Waals surface area contributed by atoms with Gasteiger partial charge in [-0.1, -0.05) is 0 Å². The monoisotopic (exact) mass is 348 g/mol. The number of hydrogen-bond donors (Lipinski definition) is 1. The Balaban J connectivity index is 2.20. The second-order valence-corrected chi connectivity index (χ2v) is 5.46. The summed E-state index contributed by atoms with van der Waals surface area (Å²) in [7, 11) is 3.61. The number of hydrogen-bond acceptors (Lipinski definition) is 7. The lowest BCUT2D eigenvalue weighted by Gasteiger charge is -2.22. The summed E-state index contributed by atoms with van der Waals surface area (Å²) >= 11 is 0. The van der Waals surface area contributed by atoms with Crippen molar-refractivity contribution in [2.45, 2.75) is 6.04 Å². The van der Waals surface area contributed by atoms with Gasteiger partial charge in [0, 0.05) is 18.7 Å². The molecular weight excluding hydrogens is 332 g/mol. The molecule has 2 aromatic rings. The number of rotatable bonds is 7. The first kappa shape index (κ1) is 18.1. The fourth-order valence-corrected chi connectivity index (χ4v) is 2.25. The first-order chi connectivity index (χ1) is 11.8. The van der Waals surface area contributed by atoms with Gasteiger partial charge in [-0.25, -0.2) is 0 Å². The average molecular weight is 348 g/mol. The third-order valence-corrected chi connectivity index (χ3v) is 3.54. The van der Waals surface area contributed by atoms with Crippen molar-refractivity contribution < 1.29 is 19.1 Å². The summed E-state index contributed by atoms with van der Waals surface area (Å²) in [6.07, 6.45) is 1.51. The van der Waals surface area contributed by atoms with Gasteiger partial charge in [-0.3, -0.25) is 29.9 Å². The maximum absolute atomic E-state index is 12.3. The number of nitrogens with one attached hydrogen (secondary N) is 1. The maximum atomic E-state index is 12.3. The minimum absolute atomic E-state index is 0.155. The zero-order valence-corrected chi connectivity index (χ0v) is 13.5. The highest BCUT2D eigenvalue weighted by molar-refractivity contribution is 5.95. The van der Waals surface area contributed by atoms with Crippen molar-refractivity contribution in [3.63, 3.8) is 0 Å². The highest BCUT2D eigenvalue weighted by atomic mass is 16.6. The molecule has 0 saturated heterocycles. The fraction of sp³-hybridized carbons (Fsp3) is 0.267. The molecule has 0 bridgehead atoms. The second-order valence-electron chi connectivity index (χ2n) is 5.46. The smallest absolute Gasteiger partial charge is 0.277 e. The predicted molar refractivity (Wildman–Crippen MR) is 87.2 cm³/mol. The van der Waals surface area contributed by atoms with E-state index in [1.54, 1.807) is 26.2 Å². The van der Waals surface area contributed by atoms with Crippen LogP contribution in [0.1, 0.15) is 22.2 Å². The molecule has 10 nitrogen and oxygen atoms in total. The zero-order chi connectivity index (χ0) is 18.6. The number of nitrogens with zero attached hydrogens (tertiary/aromatic N) is 3. The Morgan fingerprint density at radius 2 is 1.80 bits per heavy atom. The van der Waals surface area contributed by atoms with Crippen molar-refractivity contribution in [2.24, 2.45) is 0 Å². The third-order valence-electron chi connectivity index (χ3n) is 3.54. The molecule has 0 aliphatic heterocycles. The van der Waals surface area contributed by atoms with Crippen molar-refractivity contribution >= 4 is 17.3 Å². The van der Waals surface area contributed by atoms with Crippen LogP contribution in [0.25, 0.3) is 0 Å². The van der Waals surface area contributed by atoms with Crippen LogP contribution in [-0.4, -0.2) is 41.3 Å². The molecule has 1 aromatic carbocycles. The molecule has 1 aromatic heterocycles. The van der Waals surface area contributed by atoms with Gasteiger partial charge < -0.3 is 9.73 Å². The maximum Gasteiger partial charge on any atom is 0.277 e. The van der Waals surface area contributed by atoms with Gasteiger partial charge in [-0.15, -0.1) is 0 Å². The molecule has 1 amide bonds. The number of nitro groups is 2. The van der Waals surface area contributed by atoms with Gasteiger partial charge in [0.2, 0.25) is 0 Å². The molecule has 0 fully saturated rings. The number of carbonyl (C=O) groups excluding carboxylic acids is 1. The summed E-state index contributed by atoms with van der Waals surface area (Å²) in [6, 6.07) is 6.03. The lowest BCUT2D eigenvalue weighted by molar-refractivity contribution is -0.394. The Hall–Kier alpha value is -3.27. The van der Waals surface area contributed by atoms with Gasteiger partial charge >= 0.3 is 0 Å². The molecule has 1 N–H and O–H groups in total. The molecule has 1 atom stereocenters. The lowest BCUT2D eigenvalue weighted by atomic mass is 10.1. The first-order valence-electron chi connectivity index (χ1n) is 7.21. The van der Waals surface area contributed by atoms with E-state index in [2.05, 4.69) is 5.32 Å². The number of likely N-dealkylation sites (N-methyl/N-ethyl adjacent to an activating group) is 1. The fourth-order valence-electron chi connectivity index (χ4n) is 2.25. The average Bonchev–Trinajstić information content (AvgIpc) is 3.08. The van der Waals surface area contributed by atoms with Crippen molar-refractivity contribution in [1.82, 2.24) is 10.2 Å². The summed E-state index contributed by atoms with van der Waals surface area (Å²) < 4.78 is 5.32. The normalized spacial score (nSPS) is 12.0. The van der Waals surface area contributed by atoms with Gasteiger partial charge in [0.25, 0.3) is 17.3 Å². The third kappa shape index (κ3) is 4.38. The Morgan fingerprint density at radius 3 is 2.24 bits per heavy atom. The van der Waals surface area contributed by atoms with E-state index in [1.165, 1.54) is 6.26 Å². The largest absolute Gasteiger partial charge is 0.468 e. The lowest BCUT2D eigenvalue weighted by Crippen LogP contribution is -2.34. The minimum atomic E-state index is -0.782. The SMILES string of the molecule is CN(C)C(CNC(=O)c1cc([N+](=O)[O-])cc([N+](=O)[O-])c1)c1ccco1. The Bertz CT molecular complexity index is 755. The Kier molecular flexibility index (Phi) is 5.45. The second kappa shape index (κ2) is 7.53. The van der Waals surface area contributed by atoms with Crippen LogP contribution < -0.4 is 5.32 Å². The number of furan rings is 1. The van der Waals surface area contributed by atoms with Crippen LogP contribution in [0.2, 0.25) is 0 Å². The van der Waals surface area contributed by atoms with Gasteiger partial charge in [0.05, 0.1) is 33.8 Å². The van der Waals surface area contributed by atoms with Gasteiger partial charge in [-0.2, -0.15) is 0 Å². The Labute approximate surface area is 142 Å². The summed E-state index contributed by atoms with van der Waals surface area (Å²) in [4.78, 5) is 34.3.